The molecule has 1 N–H and O–H groups in total. The molecule has 0 heterocycles. The fourth-order valence-electron chi connectivity index (χ4n) is 4.61. The molecule has 0 amide bonds. The Balaban J connectivity index is 1.28. The van der Waals surface area contributed by atoms with Gasteiger partial charge in [0.2, 0.25) is 0 Å². The third kappa shape index (κ3) is 4.45. The number of hydrogen-bond acceptors (Lipinski definition) is 1. The lowest BCUT2D eigenvalue weighted by Crippen LogP contribution is -1.93. The first kappa shape index (κ1) is 20.9. The molecule has 0 unspecified atom stereocenters. The van der Waals surface area contributed by atoms with Gasteiger partial charge in [-0.1, -0.05) is 115 Å². The molecule has 0 aliphatic rings. The average Bonchev–Trinajstić information content (AvgIpc) is 2.94. The molecule has 0 aliphatic heterocycles. The van der Waals surface area contributed by atoms with Crippen LogP contribution in [0.15, 0.2) is 146 Å². The normalized spacial score (nSPS) is 10.9. The van der Waals surface area contributed by atoms with Crippen LogP contribution in [0.5, 0.6) is 0 Å². The van der Waals surface area contributed by atoms with Crippen LogP contribution in [0, 0.1) is 0 Å². The van der Waals surface area contributed by atoms with E-state index in [0.29, 0.717) is 0 Å². The molecule has 0 spiro atoms. The Bertz CT molecular complexity index is 1600. The van der Waals surface area contributed by atoms with Crippen molar-refractivity contribution in [1.82, 2.24) is 0 Å². The van der Waals surface area contributed by atoms with Crippen LogP contribution in [0.1, 0.15) is 0 Å². The van der Waals surface area contributed by atoms with Crippen molar-refractivity contribution in [2.75, 3.05) is 5.32 Å². The molecule has 0 saturated carbocycles. The molecule has 0 aromatic heterocycles. The van der Waals surface area contributed by atoms with Gasteiger partial charge in [0, 0.05) is 16.9 Å². The summed E-state index contributed by atoms with van der Waals surface area (Å²) in [6.07, 6.45) is 0. The first-order chi connectivity index (χ1) is 17.3. The number of hydrogen-bond donors (Lipinski definition) is 1. The van der Waals surface area contributed by atoms with Gasteiger partial charge in [-0.15, -0.1) is 0 Å². The minimum Gasteiger partial charge on any atom is -0.355 e. The van der Waals surface area contributed by atoms with Gasteiger partial charge in [0.05, 0.1) is 0 Å². The molecule has 6 aromatic rings. The van der Waals surface area contributed by atoms with E-state index in [1.165, 1.54) is 44.2 Å². The number of nitrogens with one attached hydrogen (secondary N) is 1. The first-order valence-corrected chi connectivity index (χ1v) is 11.9. The highest BCUT2D eigenvalue weighted by Crippen LogP contribution is 2.33. The number of para-hydroxylation sites is 1. The standard InChI is InChI=1S/C34H25N/c1-2-9-25(10-3-1)29-13-8-14-31(24-29)33-15-6-7-16-34(33)35-32-21-19-27(20-22-32)30-18-17-26-11-4-5-12-28(26)23-30/h1-24,35H. The van der Waals surface area contributed by atoms with Crippen LogP contribution in [-0.2, 0) is 0 Å². The van der Waals surface area contributed by atoms with E-state index >= 15 is 0 Å². The van der Waals surface area contributed by atoms with Gasteiger partial charge in [-0.2, -0.15) is 0 Å². The Morgan fingerprint density at radius 2 is 0.943 bits per heavy atom. The van der Waals surface area contributed by atoms with Crippen molar-refractivity contribution in [3.05, 3.63) is 146 Å². The van der Waals surface area contributed by atoms with E-state index in [-0.39, 0.29) is 0 Å². The van der Waals surface area contributed by atoms with E-state index in [9.17, 15) is 0 Å². The summed E-state index contributed by atoms with van der Waals surface area (Å²) in [6.45, 7) is 0. The van der Waals surface area contributed by atoms with Crippen molar-refractivity contribution in [1.29, 1.82) is 0 Å². The second-order valence-corrected chi connectivity index (χ2v) is 8.76. The third-order valence-electron chi connectivity index (χ3n) is 6.45. The number of fused-ring (bicyclic) bond motifs is 1. The van der Waals surface area contributed by atoms with Crippen LogP contribution >= 0.6 is 0 Å². The summed E-state index contributed by atoms with van der Waals surface area (Å²) in [5.74, 6) is 0. The van der Waals surface area contributed by atoms with Crippen molar-refractivity contribution in [2.45, 2.75) is 0 Å². The number of anilines is 2. The highest BCUT2D eigenvalue weighted by atomic mass is 14.9. The second kappa shape index (κ2) is 9.32. The summed E-state index contributed by atoms with van der Waals surface area (Å²) in [7, 11) is 0. The average molecular weight is 448 g/mol. The summed E-state index contributed by atoms with van der Waals surface area (Å²) in [5, 5.41) is 6.17. The molecule has 1 nitrogen and oxygen atoms in total. The van der Waals surface area contributed by atoms with E-state index in [2.05, 4.69) is 151 Å². The van der Waals surface area contributed by atoms with Crippen molar-refractivity contribution < 1.29 is 0 Å². The maximum absolute atomic E-state index is 3.64. The summed E-state index contributed by atoms with van der Waals surface area (Å²) < 4.78 is 0. The highest BCUT2D eigenvalue weighted by molar-refractivity contribution is 5.88. The van der Waals surface area contributed by atoms with Gasteiger partial charge in [-0.3, -0.25) is 0 Å². The SMILES string of the molecule is c1ccc(-c2cccc(-c3ccccc3Nc3ccc(-c4ccc5ccccc5c4)cc3)c2)cc1. The summed E-state index contributed by atoms with van der Waals surface area (Å²) in [5.41, 5.74) is 9.43. The summed E-state index contributed by atoms with van der Waals surface area (Å²) in [4.78, 5) is 0. The summed E-state index contributed by atoms with van der Waals surface area (Å²) in [6, 6.07) is 51.6. The lowest BCUT2D eigenvalue weighted by molar-refractivity contribution is 1.52. The summed E-state index contributed by atoms with van der Waals surface area (Å²) >= 11 is 0. The Hall–Kier alpha value is -4.62. The van der Waals surface area contributed by atoms with Gasteiger partial charge < -0.3 is 5.32 Å². The molecular weight excluding hydrogens is 422 g/mol. The lowest BCUT2D eigenvalue weighted by Gasteiger charge is -2.14. The van der Waals surface area contributed by atoms with E-state index in [0.717, 1.165) is 11.4 Å². The van der Waals surface area contributed by atoms with E-state index < -0.39 is 0 Å². The van der Waals surface area contributed by atoms with E-state index in [1.807, 2.05) is 0 Å². The largest absolute Gasteiger partial charge is 0.355 e. The molecule has 0 radical (unpaired) electrons. The zero-order chi connectivity index (χ0) is 23.5. The van der Waals surface area contributed by atoms with Crippen LogP contribution in [-0.4, -0.2) is 0 Å². The molecule has 6 rings (SSSR count). The molecule has 0 fully saturated rings. The Labute approximate surface area is 206 Å². The fraction of sp³-hybridized carbons (Fsp3) is 0. The van der Waals surface area contributed by atoms with Gasteiger partial charge in [0.1, 0.15) is 0 Å². The van der Waals surface area contributed by atoms with Gasteiger partial charge in [-0.05, 0) is 68.9 Å². The van der Waals surface area contributed by atoms with Crippen LogP contribution in [0.3, 0.4) is 0 Å². The van der Waals surface area contributed by atoms with E-state index in [1.54, 1.807) is 0 Å². The molecule has 0 saturated heterocycles. The lowest BCUT2D eigenvalue weighted by atomic mass is 9.98. The monoisotopic (exact) mass is 447 g/mol. The maximum Gasteiger partial charge on any atom is 0.0463 e. The quantitative estimate of drug-likeness (QED) is 0.277. The third-order valence-corrected chi connectivity index (χ3v) is 6.45. The van der Waals surface area contributed by atoms with Crippen molar-refractivity contribution >= 4 is 22.1 Å². The topological polar surface area (TPSA) is 12.0 Å². The predicted molar refractivity (Wildman–Crippen MR) is 150 cm³/mol. The van der Waals surface area contributed by atoms with E-state index in [4.69, 9.17) is 0 Å². The van der Waals surface area contributed by atoms with Gasteiger partial charge in [-0.25, -0.2) is 0 Å². The Kier molecular flexibility index (Phi) is 5.58. The molecule has 0 atom stereocenters. The smallest absolute Gasteiger partial charge is 0.0463 e. The molecule has 166 valence electrons. The highest BCUT2D eigenvalue weighted by Gasteiger charge is 2.07. The Morgan fingerprint density at radius 1 is 0.343 bits per heavy atom. The van der Waals surface area contributed by atoms with Gasteiger partial charge in [0.25, 0.3) is 0 Å². The van der Waals surface area contributed by atoms with Crippen LogP contribution < -0.4 is 5.32 Å². The zero-order valence-electron chi connectivity index (χ0n) is 19.4. The molecule has 0 aliphatic carbocycles. The van der Waals surface area contributed by atoms with Crippen molar-refractivity contribution in [2.24, 2.45) is 0 Å². The van der Waals surface area contributed by atoms with Crippen LogP contribution in [0.2, 0.25) is 0 Å². The van der Waals surface area contributed by atoms with Crippen molar-refractivity contribution in [3.63, 3.8) is 0 Å². The number of benzene rings is 6. The maximum atomic E-state index is 3.64. The van der Waals surface area contributed by atoms with Gasteiger partial charge >= 0.3 is 0 Å². The predicted octanol–water partition coefficient (Wildman–Crippen LogP) is 9.58. The molecular formula is C34H25N. The zero-order valence-corrected chi connectivity index (χ0v) is 19.4. The molecule has 6 aromatic carbocycles. The molecule has 0 bridgehead atoms. The minimum atomic E-state index is 1.07. The second-order valence-electron chi connectivity index (χ2n) is 8.76. The minimum absolute atomic E-state index is 1.07. The first-order valence-electron chi connectivity index (χ1n) is 11.9. The molecule has 35 heavy (non-hydrogen) atoms. The Morgan fingerprint density at radius 3 is 1.80 bits per heavy atom. The fourth-order valence-corrected chi connectivity index (χ4v) is 4.61. The van der Waals surface area contributed by atoms with Crippen LogP contribution in [0.4, 0.5) is 11.4 Å². The number of rotatable bonds is 5. The van der Waals surface area contributed by atoms with Crippen molar-refractivity contribution in [3.8, 4) is 33.4 Å². The van der Waals surface area contributed by atoms with Gasteiger partial charge in [0.15, 0.2) is 0 Å². The molecule has 1 heteroatoms. The van der Waals surface area contributed by atoms with Crippen LogP contribution in [0.25, 0.3) is 44.2 Å².